The standard InChI is InChI=1S/C10H7F6NO.Na.H/c11-9(12,13)8(7(17)18,10(14,15)16)6-4-2-1-3-5-6;;/h1-5H,(H2,17,18);;/q;+1;-1. The topological polar surface area (TPSA) is 43.1 Å². The minimum Gasteiger partial charge on any atom is -1.00 e. The van der Waals surface area contributed by atoms with Gasteiger partial charge < -0.3 is 7.16 Å². The van der Waals surface area contributed by atoms with E-state index in [1.165, 1.54) is 6.07 Å². The fourth-order valence-corrected chi connectivity index (χ4v) is 1.60. The van der Waals surface area contributed by atoms with Crippen molar-refractivity contribution < 1.29 is 62.1 Å². The third kappa shape index (κ3) is 2.90. The van der Waals surface area contributed by atoms with E-state index in [4.69, 9.17) is 0 Å². The molecule has 0 aliphatic rings. The first kappa shape index (κ1) is 18.3. The number of primary amides is 1. The van der Waals surface area contributed by atoms with Gasteiger partial charge in [0.25, 0.3) is 5.41 Å². The van der Waals surface area contributed by atoms with E-state index < -0.39 is 29.2 Å². The predicted octanol–water partition coefficient (Wildman–Crippen LogP) is -0.349. The predicted molar refractivity (Wildman–Crippen MR) is 50.5 cm³/mol. The van der Waals surface area contributed by atoms with Crippen LogP contribution in [0.15, 0.2) is 30.3 Å². The van der Waals surface area contributed by atoms with Crippen LogP contribution in [-0.4, -0.2) is 18.3 Å². The first-order valence-electron chi connectivity index (χ1n) is 4.54. The summed E-state index contributed by atoms with van der Waals surface area (Å²) in [5.74, 6) is -2.51. The van der Waals surface area contributed by atoms with E-state index in [0.717, 1.165) is 12.1 Å². The van der Waals surface area contributed by atoms with Crippen molar-refractivity contribution >= 4 is 5.91 Å². The molecule has 0 aliphatic heterocycles. The molecule has 1 aromatic carbocycles. The number of carbonyl (C=O) groups is 1. The molecule has 1 rings (SSSR count). The molecule has 9 heteroatoms. The number of benzene rings is 1. The molecule has 0 unspecified atom stereocenters. The van der Waals surface area contributed by atoms with Crippen molar-refractivity contribution in [1.29, 1.82) is 0 Å². The maximum Gasteiger partial charge on any atom is 1.00 e. The molecule has 2 N–H and O–H groups in total. The van der Waals surface area contributed by atoms with Gasteiger partial charge in [-0.05, 0) is 5.56 Å². The van der Waals surface area contributed by atoms with Crippen molar-refractivity contribution in [3.05, 3.63) is 35.9 Å². The molecule has 0 aliphatic carbocycles. The van der Waals surface area contributed by atoms with Gasteiger partial charge in [-0.15, -0.1) is 0 Å². The van der Waals surface area contributed by atoms with Crippen LogP contribution in [0, 0.1) is 0 Å². The minimum absolute atomic E-state index is 0. The zero-order chi connectivity index (χ0) is 14.2. The molecule has 0 aromatic heterocycles. The van der Waals surface area contributed by atoms with Gasteiger partial charge in [-0.3, -0.25) is 4.79 Å². The molecule has 0 heterocycles. The molecule has 19 heavy (non-hydrogen) atoms. The Bertz CT molecular complexity index is 433. The van der Waals surface area contributed by atoms with Crippen molar-refractivity contribution in [2.75, 3.05) is 0 Å². The summed E-state index contributed by atoms with van der Waals surface area (Å²) >= 11 is 0. The van der Waals surface area contributed by atoms with E-state index in [0.29, 0.717) is 12.1 Å². The Morgan fingerprint density at radius 2 is 1.32 bits per heavy atom. The summed E-state index contributed by atoms with van der Waals surface area (Å²) in [6, 6.07) is 4.27. The molecule has 1 amide bonds. The number of amides is 1. The molecule has 0 saturated carbocycles. The van der Waals surface area contributed by atoms with Crippen LogP contribution in [0.5, 0.6) is 0 Å². The largest absolute Gasteiger partial charge is 1.00 e. The Labute approximate surface area is 127 Å². The number of alkyl halides is 6. The quantitative estimate of drug-likeness (QED) is 0.588. The fraction of sp³-hybridized carbons (Fsp3) is 0.300. The SMILES string of the molecule is NC(=O)C(c1ccccc1)(C(F)(F)F)C(F)(F)F.[H-].[Na+]. The Morgan fingerprint density at radius 1 is 0.947 bits per heavy atom. The van der Waals surface area contributed by atoms with Gasteiger partial charge in [-0.25, -0.2) is 0 Å². The van der Waals surface area contributed by atoms with Crippen LogP contribution in [0.1, 0.15) is 6.99 Å². The third-order valence-corrected chi connectivity index (χ3v) is 2.43. The van der Waals surface area contributed by atoms with E-state index in [9.17, 15) is 31.1 Å². The summed E-state index contributed by atoms with van der Waals surface area (Å²) in [6.45, 7) is 0. The maximum atomic E-state index is 12.8. The summed E-state index contributed by atoms with van der Waals surface area (Å²) in [4.78, 5) is 10.9. The van der Waals surface area contributed by atoms with Crippen LogP contribution in [0.4, 0.5) is 26.3 Å². The molecule has 0 bridgehead atoms. The average molecular weight is 295 g/mol. The molecular weight excluding hydrogens is 287 g/mol. The molecule has 0 saturated heterocycles. The van der Waals surface area contributed by atoms with Gasteiger partial charge in [0.2, 0.25) is 5.91 Å². The Hall–Kier alpha value is -0.730. The van der Waals surface area contributed by atoms with Gasteiger partial charge in [0.1, 0.15) is 0 Å². The van der Waals surface area contributed by atoms with Gasteiger partial charge >= 0.3 is 41.9 Å². The van der Waals surface area contributed by atoms with Gasteiger partial charge in [0.15, 0.2) is 0 Å². The summed E-state index contributed by atoms with van der Waals surface area (Å²) in [5, 5.41) is 0. The van der Waals surface area contributed by atoms with Crippen LogP contribution in [0.2, 0.25) is 0 Å². The van der Waals surface area contributed by atoms with E-state index in [2.05, 4.69) is 5.73 Å². The number of rotatable bonds is 2. The zero-order valence-corrected chi connectivity index (χ0v) is 11.6. The second-order valence-corrected chi connectivity index (χ2v) is 3.48. The number of halogens is 6. The van der Waals surface area contributed by atoms with Crippen LogP contribution in [-0.2, 0) is 10.2 Å². The summed E-state index contributed by atoms with van der Waals surface area (Å²) in [7, 11) is 0. The number of hydrogen-bond donors (Lipinski definition) is 1. The number of nitrogens with two attached hydrogens (primary N) is 1. The molecule has 0 spiro atoms. The molecule has 0 fully saturated rings. The smallest absolute Gasteiger partial charge is 1.00 e. The van der Waals surface area contributed by atoms with E-state index >= 15 is 0 Å². The van der Waals surface area contributed by atoms with E-state index in [-0.39, 0.29) is 31.0 Å². The van der Waals surface area contributed by atoms with Crippen molar-refractivity contribution in [3.8, 4) is 0 Å². The van der Waals surface area contributed by atoms with Crippen molar-refractivity contribution in [2.45, 2.75) is 17.8 Å². The van der Waals surface area contributed by atoms with Crippen LogP contribution < -0.4 is 35.3 Å². The zero-order valence-electron chi connectivity index (χ0n) is 10.6. The van der Waals surface area contributed by atoms with E-state index in [1.807, 2.05) is 0 Å². The second-order valence-electron chi connectivity index (χ2n) is 3.48. The van der Waals surface area contributed by atoms with Crippen LogP contribution in [0.3, 0.4) is 0 Å². The minimum atomic E-state index is -5.88. The fourth-order valence-electron chi connectivity index (χ4n) is 1.60. The van der Waals surface area contributed by atoms with Gasteiger partial charge in [0, 0.05) is 0 Å². The Morgan fingerprint density at radius 3 is 1.58 bits per heavy atom. The molecule has 0 atom stereocenters. The molecule has 0 radical (unpaired) electrons. The number of hydrogen-bond acceptors (Lipinski definition) is 1. The summed E-state index contributed by atoms with van der Waals surface area (Å²) in [5.41, 5.74) is -1.55. The Kier molecular flexibility index (Phi) is 5.50. The van der Waals surface area contributed by atoms with Gasteiger partial charge in [-0.1, -0.05) is 30.3 Å². The third-order valence-electron chi connectivity index (χ3n) is 2.43. The average Bonchev–Trinajstić information content (AvgIpc) is 2.14. The maximum absolute atomic E-state index is 12.8. The molecular formula is C10H8F6NNaO. The first-order valence-corrected chi connectivity index (χ1v) is 4.54. The molecule has 1 aromatic rings. The van der Waals surface area contributed by atoms with Gasteiger partial charge in [-0.2, -0.15) is 26.3 Å². The molecule has 102 valence electrons. The monoisotopic (exact) mass is 295 g/mol. The summed E-state index contributed by atoms with van der Waals surface area (Å²) < 4.78 is 76.7. The Balaban J connectivity index is 0. The first-order chi connectivity index (χ1) is 8.05. The normalized spacial score (nSPS) is 12.7. The van der Waals surface area contributed by atoms with Crippen LogP contribution in [0.25, 0.3) is 0 Å². The van der Waals surface area contributed by atoms with E-state index in [1.54, 1.807) is 0 Å². The number of carbonyl (C=O) groups excluding carboxylic acids is 1. The van der Waals surface area contributed by atoms with Gasteiger partial charge in [0.05, 0.1) is 0 Å². The van der Waals surface area contributed by atoms with Crippen LogP contribution >= 0.6 is 0 Å². The van der Waals surface area contributed by atoms with Crippen molar-refractivity contribution in [2.24, 2.45) is 5.73 Å². The molecule has 2 nitrogen and oxygen atoms in total. The van der Waals surface area contributed by atoms with Crippen molar-refractivity contribution in [3.63, 3.8) is 0 Å². The second kappa shape index (κ2) is 5.72. The summed E-state index contributed by atoms with van der Waals surface area (Å²) in [6.07, 6.45) is -11.8. The van der Waals surface area contributed by atoms with Crippen molar-refractivity contribution in [1.82, 2.24) is 0 Å².